The average molecular weight is 311 g/mol. The number of hydrogen-bond donors (Lipinski definition) is 1. The van der Waals surface area contributed by atoms with Crippen LogP contribution in [0.4, 0.5) is 0 Å². The van der Waals surface area contributed by atoms with Crippen molar-refractivity contribution in [3.63, 3.8) is 0 Å². The molecular weight excluding hydrogens is 294 g/mol. The van der Waals surface area contributed by atoms with Crippen molar-refractivity contribution in [2.24, 2.45) is 0 Å². The van der Waals surface area contributed by atoms with E-state index in [1.54, 1.807) is 42.7 Å². The minimum atomic E-state index is -0.331. The lowest BCUT2D eigenvalue weighted by Gasteiger charge is -2.10. The highest BCUT2D eigenvalue weighted by atomic mass is 16.3. The molecule has 1 N–H and O–H groups in total. The highest BCUT2D eigenvalue weighted by Gasteiger charge is 2.16. The molecule has 0 fully saturated rings. The van der Waals surface area contributed by atoms with Crippen LogP contribution < -0.4 is 10.9 Å². The third kappa shape index (κ3) is 3.01. The molecule has 3 rings (SSSR count). The Labute approximate surface area is 132 Å². The third-order valence-corrected chi connectivity index (χ3v) is 3.52. The molecule has 0 saturated carbocycles. The normalized spacial score (nSPS) is 10.8. The minimum Gasteiger partial charge on any atom is -0.467 e. The number of amides is 1. The SMILES string of the molecule is CCCn1nc(C(=O)NCc2ccco2)c2ccccc2c1=O. The van der Waals surface area contributed by atoms with Crippen molar-refractivity contribution in [1.29, 1.82) is 0 Å². The highest BCUT2D eigenvalue weighted by molar-refractivity contribution is 6.04. The molecule has 23 heavy (non-hydrogen) atoms. The van der Waals surface area contributed by atoms with Gasteiger partial charge in [-0.3, -0.25) is 9.59 Å². The van der Waals surface area contributed by atoms with Crippen LogP contribution in [0.1, 0.15) is 29.6 Å². The second-order valence-electron chi connectivity index (χ2n) is 5.18. The summed E-state index contributed by atoms with van der Waals surface area (Å²) in [5.41, 5.74) is 0.0743. The summed E-state index contributed by atoms with van der Waals surface area (Å²) >= 11 is 0. The van der Waals surface area contributed by atoms with E-state index in [0.29, 0.717) is 23.1 Å². The standard InChI is InChI=1S/C17H17N3O3/c1-2-9-20-17(22)14-8-4-3-7-13(14)15(19-20)16(21)18-11-12-6-5-10-23-12/h3-8,10H,2,9,11H2,1H3,(H,18,21). The van der Waals surface area contributed by atoms with Gasteiger partial charge in [0.1, 0.15) is 5.76 Å². The van der Waals surface area contributed by atoms with Crippen LogP contribution in [-0.2, 0) is 13.1 Å². The van der Waals surface area contributed by atoms with Crippen LogP contribution in [-0.4, -0.2) is 15.7 Å². The lowest BCUT2D eigenvalue weighted by Crippen LogP contribution is -2.30. The Bertz CT molecular complexity index is 882. The molecule has 1 amide bonds. The molecule has 6 nitrogen and oxygen atoms in total. The van der Waals surface area contributed by atoms with E-state index in [-0.39, 0.29) is 23.7 Å². The van der Waals surface area contributed by atoms with Crippen LogP contribution in [0, 0.1) is 0 Å². The van der Waals surface area contributed by atoms with Crippen molar-refractivity contribution in [2.45, 2.75) is 26.4 Å². The number of aryl methyl sites for hydroxylation is 1. The van der Waals surface area contributed by atoms with Crippen molar-refractivity contribution in [2.75, 3.05) is 0 Å². The summed E-state index contributed by atoms with van der Waals surface area (Å²) in [7, 11) is 0. The average Bonchev–Trinajstić information content (AvgIpc) is 3.09. The number of fused-ring (bicyclic) bond motifs is 1. The van der Waals surface area contributed by atoms with Crippen molar-refractivity contribution in [3.8, 4) is 0 Å². The maximum atomic E-state index is 12.5. The molecule has 0 spiro atoms. The van der Waals surface area contributed by atoms with Gasteiger partial charge in [0.25, 0.3) is 11.5 Å². The van der Waals surface area contributed by atoms with Crippen molar-refractivity contribution in [1.82, 2.24) is 15.1 Å². The minimum absolute atomic E-state index is 0.176. The molecule has 0 aliphatic carbocycles. The van der Waals surface area contributed by atoms with Gasteiger partial charge in [0.05, 0.1) is 18.2 Å². The van der Waals surface area contributed by atoms with Crippen LogP contribution in [0.2, 0.25) is 0 Å². The smallest absolute Gasteiger partial charge is 0.274 e. The first-order chi connectivity index (χ1) is 11.2. The molecule has 2 aromatic heterocycles. The lowest BCUT2D eigenvalue weighted by molar-refractivity contribution is 0.0942. The van der Waals surface area contributed by atoms with Gasteiger partial charge < -0.3 is 9.73 Å². The quantitative estimate of drug-likeness (QED) is 0.784. The lowest BCUT2D eigenvalue weighted by atomic mass is 10.1. The molecule has 0 radical (unpaired) electrons. The predicted molar refractivity (Wildman–Crippen MR) is 86.2 cm³/mol. The van der Waals surface area contributed by atoms with Gasteiger partial charge in [-0.2, -0.15) is 5.10 Å². The Kier molecular flexibility index (Phi) is 4.23. The zero-order valence-electron chi connectivity index (χ0n) is 12.8. The predicted octanol–water partition coefficient (Wildman–Crippen LogP) is 2.33. The fourth-order valence-electron chi connectivity index (χ4n) is 2.43. The molecule has 0 aliphatic heterocycles. The summed E-state index contributed by atoms with van der Waals surface area (Å²) in [6, 6.07) is 10.6. The van der Waals surface area contributed by atoms with Crippen LogP contribution in [0.25, 0.3) is 10.8 Å². The van der Waals surface area contributed by atoms with Gasteiger partial charge in [0.2, 0.25) is 0 Å². The summed E-state index contributed by atoms with van der Waals surface area (Å²) in [6.45, 7) is 2.71. The van der Waals surface area contributed by atoms with Crippen molar-refractivity contribution in [3.05, 3.63) is 64.5 Å². The largest absolute Gasteiger partial charge is 0.467 e. The monoisotopic (exact) mass is 311 g/mol. The van der Waals surface area contributed by atoms with Crippen molar-refractivity contribution >= 4 is 16.7 Å². The van der Waals surface area contributed by atoms with Gasteiger partial charge in [-0.05, 0) is 24.6 Å². The highest BCUT2D eigenvalue weighted by Crippen LogP contribution is 2.13. The van der Waals surface area contributed by atoms with Crippen molar-refractivity contribution < 1.29 is 9.21 Å². The molecule has 6 heteroatoms. The zero-order chi connectivity index (χ0) is 16.2. The second-order valence-corrected chi connectivity index (χ2v) is 5.18. The van der Waals surface area contributed by atoms with Gasteiger partial charge in [0, 0.05) is 11.9 Å². The number of benzene rings is 1. The van der Waals surface area contributed by atoms with E-state index in [4.69, 9.17) is 4.42 Å². The molecule has 2 heterocycles. The van der Waals surface area contributed by atoms with Gasteiger partial charge in [-0.15, -0.1) is 0 Å². The van der Waals surface area contributed by atoms with Crippen LogP contribution in [0.15, 0.2) is 51.9 Å². The molecule has 0 atom stereocenters. The topological polar surface area (TPSA) is 77.1 Å². The number of furan rings is 1. The van der Waals surface area contributed by atoms with E-state index in [0.717, 1.165) is 6.42 Å². The summed E-state index contributed by atoms with van der Waals surface area (Å²) < 4.78 is 6.55. The number of hydrogen-bond acceptors (Lipinski definition) is 4. The van der Waals surface area contributed by atoms with Gasteiger partial charge >= 0.3 is 0 Å². The second kappa shape index (κ2) is 6.48. The maximum absolute atomic E-state index is 12.5. The molecule has 3 aromatic rings. The first-order valence-corrected chi connectivity index (χ1v) is 7.51. The first kappa shape index (κ1) is 15.0. The molecule has 118 valence electrons. The molecule has 0 unspecified atom stereocenters. The Morgan fingerprint density at radius 1 is 1.22 bits per heavy atom. The van der Waals surface area contributed by atoms with Crippen LogP contribution >= 0.6 is 0 Å². The van der Waals surface area contributed by atoms with E-state index in [2.05, 4.69) is 10.4 Å². The van der Waals surface area contributed by atoms with E-state index < -0.39 is 0 Å². The van der Waals surface area contributed by atoms with Gasteiger partial charge in [-0.25, -0.2) is 4.68 Å². The fraction of sp³-hybridized carbons (Fsp3) is 0.235. The number of rotatable bonds is 5. The van der Waals surface area contributed by atoms with E-state index in [9.17, 15) is 9.59 Å². The van der Waals surface area contributed by atoms with E-state index in [1.807, 2.05) is 6.92 Å². The summed E-state index contributed by atoms with van der Waals surface area (Å²) in [4.78, 5) is 24.9. The summed E-state index contributed by atoms with van der Waals surface area (Å²) in [5.74, 6) is 0.326. The fourth-order valence-corrected chi connectivity index (χ4v) is 2.43. The number of aromatic nitrogens is 2. The summed E-state index contributed by atoms with van der Waals surface area (Å²) in [5, 5.41) is 8.08. The van der Waals surface area contributed by atoms with E-state index >= 15 is 0 Å². The molecule has 1 aromatic carbocycles. The Morgan fingerprint density at radius 2 is 2.00 bits per heavy atom. The Morgan fingerprint density at radius 3 is 2.70 bits per heavy atom. The number of carbonyl (C=O) groups excluding carboxylic acids is 1. The first-order valence-electron chi connectivity index (χ1n) is 7.51. The van der Waals surface area contributed by atoms with Crippen LogP contribution in [0.5, 0.6) is 0 Å². The number of nitrogens with one attached hydrogen (secondary N) is 1. The zero-order valence-corrected chi connectivity index (χ0v) is 12.8. The van der Waals surface area contributed by atoms with Crippen LogP contribution in [0.3, 0.4) is 0 Å². The molecular formula is C17H17N3O3. The van der Waals surface area contributed by atoms with E-state index in [1.165, 1.54) is 4.68 Å². The van der Waals surface area contributed by atoms with Gasteiger partial charge in [-0.1, -0.05) is 25.1 Å². The molecule has 0 aliphatic rings. The number of nitrogens with zero attached hydrogens (tertiary/aromatic N) is 2. The maximum Gasteiger partial charge on any atom is 0.274 e. The number of carbonyl (C=O) groups is 1. The Hall–Kier alpha value is -2.89. The summed E-state index contributed by atoms with van der Waals surface area (Å²) in [6.07, 6.45) is 2.31. The molecule has 0 saturated heterocycles. The third-order valence-electron chi connectivity index (χ3n) is 3.52. The molecule has 0 bridgehead atoms. The Balaban J connectivity index is 1.99. The van der Waals surface area contributed by atoms with Gasteiger partial charge in [0.15, 0.2) is 5.69 Å².